The van der Waals surface area contributed by atoms with Crippen molar-refractivity contribution in [3.05, 3.63) is 35.4 Å². The van der Waals surface area contributed by atoms with Gasteiger partial charge in [-0.3, -0.25) is 9.59 Å². The summed E-state index contributed by atoms with van der Waals surface area (Å²) >= 11 is 0. The van der Waals surface area contributed by atoms with Crippen LogP contribution in [0.2, 0.25) is 0 Å². The summed E-state index contributed by atoms with van der Waals surface area (Å²) < 4.78 is 190. The number of halogens is 12. The SMILES string of the molecule is CC(F)(F)C(=O)OC1C2CC3C(=O)OC1C3C2.CC(F)(F)C(=O)OC1COC(=O)C1.CC(F)(F)C(=O)OCC12CC3CC(CC(C3)C1)C2.CC(F)(F)C(=O)OCC12CC3CC(CC(O)(C3)C1)C2.CC(F)(F)C(=O)OCC1CCCCC1.Cc1ccc(C23CC4CC(CC(COC(=O)C(C)(F)F)(C4)C2)C3)cc1. The van der Waals surface area contributed by atoms with Crippen molar-refractivity contribution in [2.24, 2.45) is 81.3 Å². The summed E-state index contributed by atoms with van der Waals surface area (Å²) in [4.78, 5) is 88.3. The van der Waals surface area contributed by atoms with Gasteiger partial charge in [-0.05, 0) is 207 Å². The van der Waals surface area contributed by atoms with Gasteiger partial charge in [-0.25, -0.2) is 28.8 Å². The zero-order valence-corrected chi connectivity index (χ0v) is 61.3. The molecule has 10 atom stereocenters. The molecule has 10 unspecified atom stereocenters. The lowest BCUT2D eigenvalue weighted by Crippen LogP contribution is -2.57. The summed E-state index contributed by atoms with van der Waals surface area (Å²) in [5, 5.41) is 10.5. The van der Waals surface area contributed by atoms with Crippen molar-refractivity contribution in [2.45, 2.75) is 280 Å². The van der Waals surface area contributed by atoms with E-state index in [-0.39, 0.29) is 90.8 Å². The highest BCUT2D eigenvalue weighted by Crippen LogP contribution is 2.67. The van der Waals surface area contributed by atoms with Gasteiger partial charge in [0.25, 0.3) is 0 Å². The van der Waals surface area contributed by atoms with Crippen LogP contribution in [0.3, 0.4) is 0 Å². The van der Waals surface area contributed by atoms with E-state index in [1.165, 1.54) is 56.1 Å². The fourth-order valence-corrected chi connectivity index (χ4v) is 21.7. The fourth-order valence-electron chi connectivity index (χ4n) is 21.7. The molecule has 2 aliphatic heterocycles. The number of rotatable bonds is 17. The van der Waals surface area contributed by atoms with E-state index in [2.05, 4.69) is 45.4 Å². The molecule has 2 saturated heterocycles. The van der Waals surface area contributed by atoms with Crippen LogP contribution in [0, 0.1) is 88.3 Å². The number of fused-ring (bicyclic) bond motifs is 1. The average molecular weight is 1530 g/mol. The Hall–Kier alpha value is -5.90. The first-order chi connectivity index (χ1) is 49.0. The number of hydrogen-bond acceptors (Lipinski definition) is 17. The number of ether oxygens (including phenoxy) is 8. The van der Waals surface area contributed by atoms with Crippen LogP contribution in [0.15, 0.2) is 24.3 Å². The highest BCUT2D eigenvalue weighted by atomic mass is 19.3. The first kappa shape index (κ1) is 82.6. The highest BCUT2D eigenvalue weighted by molar-refractivity contribution is 5.80. The number of benzene rings is 1. The Balaban J connectivity index is 0.000000138. The lowest BCUT2D eigenvalue weighted by Gasteiger charge is -2.62. The number of alkyl halides is 12. The van der Waals surface area contributed by atoms with Gasteiger partial charge < -0.3 is 43.0 Å². The summed E-state index contributed by atoms with van der Waals surface area (Å²) in [6.07, 6.45) is 23.4. The van der Waals surface area contributed by atoms with Crippen molar-refractivity contribution in [1.29, 1.82) is 0 Å². The Labute approximate surface area is 609 Å². The maximum absolute atomic E-state index is 13.2. The van der Waals surface area contributed by atoms with Crippen LogP contribution >= 0.6 is 0 Å². The number of aryl methyl sites for hydroxylation is 1. The lowest BCUT2D eigenvalue weighted by atomic mass is 9.43. The lowest BCUT2D eigenvalue weighted by molar-refractivity contribution is -0.197. The zero-order valence-electron chi connectivity index (χ0n) is 61.3. The Bertz CT molecular complexity index is 3280. The molecule has 17 aliphatic rings. The molecule has 14 bridgehead atoms. The second-order valence-electron chi connectivity index (χ2n) is 35.1. The maximum Gasteiger partial charge on any atom is 0.377 e. The quantitative estimate of drug-likeness (QED) is 0.0868. The minimum Gasteiger partial charge on any atom is -0.462 e. The molecular weight excluding hydrogens is 1420 g/mol. The van der Waals surface area contributed by atoms with Crippen molar-refractivity contribution < 1.29 is 134 Å². The van der Waals surface area contributed by atoms with Crippen LogP contribution < -0.4 is 0 Å². The Morgan fingerprint density at radius 3 is 1.32 bits per heavy atom. The predicted octanol–water partition coefficient (Wildman–Crippen LogP) is 15.3. The third-order valence-electron chi connectivity index (χ3n) is 24.8. The van der Waals surface area contributed by atoms with Gasteiger partial charge in [-0.1, -0.05) is 49.1 Å². The molecule has 15 aliphatic carbocycles. The summed E-state index contributed by atoms with van der Waals surface area (Å²) in [6.45, 7) is 5.78. The number of hydrogen-bond donors (Lipinski definition) is 1. The predicted molar refractivity (Wildman–Crippen MR) is 352 cm³/mol. The molecule has 17 fully saturated rings. The van der Waals surface area contributed by atoms with E-state index in [1.54, 1.807) is 0 Å². The standard InChI is InChI=1S/C21H26F2O2.C14H20F2O3.C14H20F2O2.C11H12F2O4.C10H16F2O2.C7H8F2O4/c1-14-3-5-17(6-4-14)21-10-15-7-16(11-21)9-20(8-15,12-21)13-25-18(24)19(2,22)23;1-12(15,16)11(17)19-8-13-3-9-2-10(4-13)6-14(18,5-9)7-13;1-13(15,16)12(17)18-8-14-5-9-2-10(6-14)4-11(3-9)7-14;1-11(12,13)10(15)17-7-4-2-5-6(3-4)9(14)16-8(5)7;1-10(11,12)9(13)14-7-8-5-3-2-4-6-8;1-7(8,9)6(11)13-4-2-5(10)12-3-4/h3-6,15-16H,7-13H2,1-2H3;9-10,18H,2-8H2,1H3;9-11H,2-8H2,1H3;4-8H,2-3H2,1H3;8H,2-7H2,1H3;4H,2-3H2,1H3. The molecule has 0 aromatic heterocycles. The molecule has 106 heavy (non-hydrogen) atoms. The Morgan fingerprint density at radius 1 is 0.481 bits per heavy atom. The van der Waals surface area contributed by atoms with Gasteiger partial charge in [0.15, 0.2) is 0 Å². The summed E-state index contributed by atoms with van der Waals surface area (Å²) in [5.74, 6) is -25.5. The Kier molecular flexibility index (Phi) is 24.2. The summed E-state index contributed by atoms with van der Waals surface area (Å²) in [5.41, 5.74) is 1.76. The van der Waals surface area contributed by atoms with E-state index < -0.39 is 101 Å². The van der Waals surface area contributed by atoms with E-state index in [0.717, 1.165) is 120 Å². The second-order valence-corrected chi connectivity index (χ2v) is 35.1. The molecule has 15 saturated carbocycles. The van der Waals surface area contributed by atoms with Gasteiger partial charge in [0.1, 0.15) is 24.9 Å². The van der Waals surface area contributed by atoms with Gasteiger partial charge in [0.05, 0.1) is 44.4 Å². The average Bonchev–Trinajstić information content (AvgIpc) is 1.69. The first-order valence-electron chi connectivity index (χ1n) is 37.6. The molecule has 1 aromatic rings. The molecule has 1 N–H and O–H groups in total. The van der Waals surface area contributed by atoms with E-state index >= 15 is 0 Å². The minimum atomic E-state index is -3.52. The van der Waals surface area contributed by atoms with Gasteiger partial charge in [-0.2, -0.15) is 52.7 Å². The summed E-state index contributed by atoms with van der Waals surface area (Å²) in [6, 6.07) is 8.81. The maximum atomic E-state index is 13.2. The fraction of sp³-hybridized carbons (Fsp3) is 0.818. The molecule has 0 spiro atoms. The largest absolute Gasteiger partial charge is 0.462 e. The van der Waals surface area contributed by atoms with Gasteiger partial charge >= 0.3 is 83.3 Å². The molecule has 18 rings (SSSR count). The van der Waals surface area contributed by atoms with Crippen molar-refractivity contribution in [3.8, 4) is 0 Å². The van der Waals surface area contributed by atoms with Crippen LogP contribution in [-0.2, 0) is 81.7 Å². The van der Waals surface area contributed by atoms with Crippen molar-refractivity contribution in [1.82, 2.24) is 0 Å². The molecule has 2 heterocycles. The van der Waals surface area contributed by atoms with Crippen molar-refractivity contribution in [3.63, 3.8) is 0 Å². The Morgan fingerprint density at radius 2 is 0.887 bits per heavy atom. The van der Waals surface area contributed by atoms with E-state index in [0.29, 0.717) is 78.1 Å². The van der Waals surface area contributed by atoms with Gasteiger partial charge in [0, 0.05) is 69.6 Å². The molecule has 596 valence electrons. The number of carbonyl (C=O) groups is 8. The zero-order chi connectivity index (χ0) is 77.8. The van der Waals surface area contributed by atoms with Crippen LogP contribution in [0.5, 0.6) is 0 Å². The van der Waals surface area contributed by atoms with E-state index in [9.17, 15) is 96.1 Å². The molecule has 0 radical (unpaired) electrons. The number of esters is 8. The topological polar surface area (TPSA) is 231 Å². The van der Waals surface area contributed by atoms with Crippen LogP contribution in [-0.4, -0.2) is 145 Å². The number of carbonyl (C=O) groups excluding carboxylic acids is 8. The molecule has 17 nitrogen and oxygen atoms in total. The van der Waals surface area contributed by atoms with Crippen molar-refractivity contribution >= 4 is 47.8 Å². The van der Waals surface area contributed by atoms with Crippen LogP contribution in [0.4, 0.5) is 52.7 Å². The minimum absolute atomic E-state index is 0.00671. The molecular formula is C77H102F12O17. The van der Waals surface area contributed by atoms with E-state index in [4.69, 9.17) is 23.7 Å². The monoisotopic (exact) mass is 1530 g/mol. The molecule has 1 aromatic carbocycles. The van der Waals surface area contributed by atoms with Crippen LogP contribution in [0.1, 0.15) is 220 Å². The van der Waals surface area contributed by atoms with Crippen molar-refractivity contribution in [2.75, 3.05) is 33.0 Å². The van der Waals surface area contributed by atoms with Gasteiger partial charge in [-0.15, -0.1) is 0 Å². The summed E-state index contributed by atoms with van der Waals surface area (Å²) in [7, 11) is 0. The highest BCUT2D eigenvalue weighted by Gasteiger charge is 2.65. The molecule has 0 amide bonds. The third-order valence-corrected chi connectivity index (χ3v) is 24.8. The smallest absolute Gasteiger partial charge is 0.377 e. The van der Waals surface area contributed by atoms with Gasteiger partial charge in [0.2, 0.25) is 0 Å². The van der Waals surface area contributed by atoms with E-state index in [1.807, 2.05) is 0 Å². The third kappa shape index (κ3) is 20.4. The number of aliphatic hydroxyl groups is 1. The second kappa shape index (κ2) is 31.1. The first-order valence-corrected chi connectivity index (χ1v) is 37.6. The number of cyclic esters (lactones) is 1. The normalized spacial score (nSPS) is 35.9. The van der Waals surface area contributed by atoms with Crippen LogP contribution in [0.25, 0.3) is 0 Å². The molecule has 29 heteroatoms.